The van der Waals surface area contributed by atoms with E-state index >= 15 is 0 Å². The highest BCUT2D eigenvalue weighted by Crippen LogP contribution is 2.31. The summed E-state index contributed by atoms with van der Waals surface area (Å²) in [5.41, 5.74) is 4.75. The minimum atomic E-state index is -0.738. The van der Waals surface area contributed by atoms with Gasteiger partial charge >= 0.3 is 0 Å². The van der Waals surface area contributed by atoms with Crippen LogP contribution in [-0.4, -0.2) is 34.7 Å². The van der Waals surface area contributed by atoms with Crippen molar-refractivity contribution >= 4 is 11.2 Å². The van der Waals surface area contributed by atoms with E-state index in [0.29, 0.717) is 33.9 Å². The highest BCUT2D eigenvalue weighted by molar-refractivity contribution is 5.89. The smallest absolute Gasteiger partial charge is 0.182 e. The summed E-state index contributed by atoms with van der Waals surface area (Å²) in [6.07, 6.45) is 6.95. The Hall–Kier alpha value is -4.14. The number of hydrogen-bond acceptors (Lipinski definition) is 6. The minimum Gasteiger partial charge on any atom is -0.275 e. The van der Waals surface area contributed by atoms with Crippen LogP contribution in [0.3, 0.4) is 0 Å². The van der Waals surface area contributed by atoms with Crippen molar-refractivity contribution in [2.24, 2.45) is 7.05 Å². The third-order valence-electron chi connectivity index (χ3n) is 5.16. The first-order valence-electron chi connectivity index (χ1n) is 9.82. The van der Waals surface area contributed by atoms with Gasteiger partial charge in [-0.25, -0.2) is 28.7 Å². The summed E-state index contributed by atoms with van der Waals surface area (Å²) in [7, 11) is 1.83. The average Bonchev–Trinajstić information content (AvgIpc) is 3.21. The van der Waals surface area contributed by atoms with Crippen LogP contribution in [-0.2, 0) is 7.05 Å². The second-order valence-corrected chi connectivity index (χ2v) is 7.45. The monoisotopic (exact) mass is 429 g/mol. The van der Waals surface area contributed by atoms with Crippen LogP contribution < -0.4 is 0 Å². The Bertz CT molecular complexity index is 1490. The zero-order chi connectivity index (χ0) is 22.4. The number of aryl methyl sites for hydroxylation is 3. The number of rotatable bonds is 3. The first-order valence-corrected chi connectivity index (χ1v) is 9.82. The van der Waals surface area contributed by atoms with Gasteiger partial charge in [-0.05, 0) is 32.0 Å². The summed E-state index contributed by atoms with van der Waals surface area (Å²) < 4.78 is 29.9. The lowest BCUT2D eigenvalue weighted by Crippen LogP contribution is -2.03. The lowest BCUT2D eigenvalue weighted by molar-refractivity contribution is 0.585. The molecule has 4 aromatic heterocycles. The van der Waals surface area contributed by atoms with Crippen LogP contribution in [0.25, 0.3) is 44.9 Å². The van der Waals surface area contributed by atoms with E-state index in [-0.39, 0.29) is 11.3 Å². The van der Waals surface area contributed by atoms with Gasteiger partial charge in [-0.15, -0.1) is 0 Å². The van der Waals surface area contributed by atoms with Crippen molar-refractivity contribution < 1.29 is 8.78 Å². The molecule has 0 amide bonds. The van der Waals surface area contributed by atoms with Gasteiger partial charge in [0.1, 0.15) is 22.8 Å². The Morgan fingerprint density at radius 2 is 1.59 bits per heavy atom. The summed E-state index contributed by atoms with van der Waals surface area (Å²) in [5, 5.41) is 4.19. The second kappa shape index (κ2) is 7.52. The van der Waals surface area contributed by atoms with E-state index in [1.165, 1.54) is 12.1 Å². The van der Waals surface area contributed by atoms with Crippen molar-refractivity contribution in [3.8, 4) is 33.8 Å². The van der Waals surface area contributed by atoms with Crippen molar-refractivity contribution in [2.75, 3.05) is 0 Å². The normalized spacial score (nSPS) is 11.3. The number of aromatic nitrogens is 7. The lowest BCUT2D eigenvalue weighted by atomic mass is 10.1. The average molecular weight is 429 g/mol. The Balaban J connectivity index is 1.75. The molecule has 0 aliphatic carbocycles. The summed E-state index contributed by atoms with van der Waals surface area (Å²) in [4.78, 5) is 22.6. The molecule has 0 N–H and O–H groups in total. The van der Waals surface area contributed by atoms with Gasteiger partial charge in [0.05, 0.1) is 17.6 Å². The molecular weight excluding hydrogens is 412 g/mol. The zero-order valence-electron chi connectivity index (χ0n) is 17.5. The molecule has 0 aliphatic rings. The van der Waals surface area contributed by atoms with Gasteiger partial charge in [0, 0.05) is 54.0 Å². The molecule has 7 nitrogen and oxygen atoms in total. The summed E-state index contributed by atoms with van der Waals surface area (Å²) in [5.74, 6) is -1.10. The zero-order valence-corrected chi connectivity index (χ0v) is 17.5. The van der Waals surface area contributed by atoms with Crippen LogP contribution >= 0.6 is 0 Å². The minimum absolute atomic E-state index is 0.119. The highest BCUT2D eigenvalue weighted by atomic mass is 19.1. The number of hydrogen-bond donors (Lipinski definition) is 0. The molecule has 5 aromatic rings. The fourth-order valence-electron chi connectivity index (χ4n) is 3.40. The summed E-state index contributed by atoms with van der Waals surface area (Å²) in [6.45, 7) is 3.63. The Morgan fingerprint density at radius 1 is 0.812 bits per heavy atom. The maximum Gasteiger partial charge on any atom is 0.182 e. The number of pyridine rings is 1. The van der Waals surface area contributed by atoms with Crippen molar-refractivity contribution in [3.63, 3.8) is 0 Å². The molecule has 0 atom stereocenters. The highest BCUT2D eigenvalue weighted by Gasteiger charge is 2.18. The lowest BCUT2D eigenvalue weighted by Gasteiger charge is -2.11. The van der Waals surface area contributed by atoms with Crippen LogP contribution in [0.5, 0.6) is 0 Å². The molecule has 0 saturated heterocycles. The molecule has 32 heavy (non-hydrogen) atoms. The fourth-order valence-corrected chi connectivity index (χ4v) is 3.40. The molecule has 0 bridgehead atoms. The summed E-state index contributed by atoms with van der Waals surface area (Å²) >= 11 is 0. The summed E-state index contributed by atoms with van der Waals surface area (Å²) in [6, 6.07) is 5.23. The van der Waals surface area contributed by atoms with Gasteiger partial charge < -0.3 is 0 Å². The molecule has 0 unspecified atom stereocenters. The van der Waals surface area contributed by atoms with Crippen LogP contribution in [0, 0.1) is 25.5 Å². The molecule has 0 aliphatic heterocycles. The van der Waals surface area contributed by atoms with E-state index < -0.39 is 11.6 Å². The molecule has 5 rings (SSSR count). The van der Waals surface area contributed by atoms with E-state index in [1.54, 1.807) is 23.3 Å². The molecule has 0 fully saturated rings. The predicted molar refractivity (Wildman–Crippen MR) is 115 cm³/mol. The van der Waals surface area contributed by atoms with Crippen LogP contribution in [0.2, 0.25) is 0 Å². The molecule has 1 aromatic carbocycles. The third-order valence-corrected chi connectivity index (χ3v) is 5.16. The molecule has 0 radical (unpaired) electrons. The first kappa shape index (κ1) is 19.8. The van der Waals surface area contributed by atoms with Crippen molar-refractivity contribution in [3.05, 3.63) is 72.1 Å². The first-order chi connectivity index (χ1) is 15.4. The van der Waals surface area contributed by atoms with Gasteiger partial charge in [-0.2, -0.15) is 5.10 Å². The van der Waals surface area contributed by atoms with Crippen LogP contribution in [0.1, 0.15) is 11.4 Å². The second-order valence-electron chi connectivity index (χ2n) is 7.45. The van der Waals surface area contributed by atoms with E-state index in [0.717, 1.165) is 17.2 Å². The van der Waals surface area contributed by atoms with E-state index in [4.69, 9.17) is 0 Å². The topological polar surface area (TPSA) is 82.3 Å². The SMILES string of the molecule is Cc1nc2nc(-c3cncc(-c4cnn(C)c4)c3)nc(-c3ccc(F)cc3F)c2nc1C. The number of fused-ring (bicyclic) bond motifs is 1. The Kier molecular flexibility index (Phi) is 4.66. The van der Waals surface area contributed by atoms with Crippen molar-refractivity contribution in [2.45, 2.75) is 13.8 Å². The van der Waals surface area contributed by atoms with Gasteiger partial charge in [-0.3, -0.25) is 9.67 Å². The van der Waals surface area contributed by atoms with Crippen molar-refractivity contribution in [1.82, 2.24) is 34.7 Å². The largest absolute Gasteiger partial charge is 0.275 e. The maximum atomic E-state index is 14.7. The number of benzene rings is 1. The fraction of sp³-hybridized carbons (Fsp3) is 0.130. The molecule has 158 valence electrons. The van der Waals surface area contributed by atoms with Gasteiger partial charge in [-0.1, -0.05) is 0 Å². The number of nitrogens with zero attached hydrogens (tertiary/aromatic N) is 7. The van der Waals surface area contributed by atoms with Gasteiger partial charge in [0.15, 0.2) is 11.5 Å². The van der Waals surface area contributed by atoms with E-state index in [1.807, 2.05) is 33.2 Å². The molecule has 4 heterocycles. The van der Waals surface area contributed by atoms with Gasteiger partial charge in [0.25, 0.3) is 0 Å². The van der Waals surface area contributed by atoms with Crippen molar-refractivity contribution in [1.29, 1.82) is 0 Å². The van der Waals surface area contributed by atoms with Gasteiger partial charge in [0.2, 0.25) is 0 Å². The van der Waals surface area contributed by atoms with Crippen LogP contribution in [0.4, 0.5) is 8.78 Å². The van der Waals surface area contributed by atoms with Crippen LogP contribution in [0.15, 0.2) is 49.1 Å². The number of halogens is 2. The molecule has 0 saturated carbocycles. The molecule has 9 heteroatoms. The molecular formula is C23H17F2N7. The maximum absolute atomic E-state index is 14.7. The molecule has 0 spiro atoms. The quantitative estimate of drug-likeness (QED) is 0.422. The Morgan fingerprint density at radius 3 is 2.34 bits per heavy atom. The predicted octanol–water partition coefficient (Wildman–Crippen LogP) is 4.44. The standard InChI is InChI=1S/C23H17F2N7/c1-12-13(2)29-23-21(28-12)20(18-5-4-17(24)7-19(18)25)30-22(31-23)15-6-14(8-26-9-15)16-10-27-32(3)11-16/h4-11H,1-3H3. The Labute approximate surface area is 181 Å². The van der Waals surface area contributed by atoms with E-state index in [9.17, 15) is 8.78 Å². The third kappa shape index (κ3) is 3.47. The van der Waals surface area contributed by atoms with E-state index in [2.05, 4.69) is 30.0 Å².